The standard InChI is InChI=1S/C17H32N2S/c1-2-20-12-6-11-19-14-17(9-4-3-5-10-17)18-13-16(19)15-7-8-15/h15-16,18H,2-14H2,1H3. The molecule has 0 bridgehead atoms. The predicted octanol–water partition coefficient (Wildman–Crippen LogP) is 3.52. The zero-order valence-electron chi connectivity index (χ0n) is 13.2. The van der Waals surface area contributed by atoms with Gasteiger partial charge in [-0.15, -0.1) is 0 Å². The molecule has 3 rings (SSSR count). The summed E-state index contributed by atoms with van der Waals surface area (Å²) in [6.45, 7) is 6.23. The molecular weight excluding hydrogens is 264 g/mol. The van der Waals surface area contributed by atoms with E-state index in [0.717, 1.165) is 12.0 Å². The topological polar surface area (TPSA) is 15.3 Å². The highest BCUT2D eigenvalue weighted by atomic mass is 32.2. The lowest BCUT2D eigenvalue weighted by Crippen LogP contribution is -2.65. The fourth-order valence-electron chi connectivity index (χ4n) is 4.28. The van der Waals surface area contributed by atoms with Crippen molar-refractivity contribution in [3.63, 3.8) is 0 Å². The van der Waals surface area contributed by atoms with Crippen LogP contribution in [0.1, 0.15) is 58.3 Å². The van der Waals surface area contributed by atoms with Gasteiger partial charge in [-0.2, -0.15) is 11.8 Å². The average molecular weight is 297 g/mol. The van der Waals surface area contributed by atoms with Crippen molar-refractivity contribution >= 4 is 11.8 Å². The minimum atomic E-state index is 0.488. The molecular formula is C17H32N2S. The lowest BCUT2D eigenvalue weighted by molar-refractivity contribution is 0.0469. The normalized spacial score (nSPS) is 30.8. The molecule has 0 amide bonds. The van der Waals surface area contributed by atoms with E-state index in [2.05, 4.69) is 28.9 Å². The smallest absolute Gasteiger partial charge is 0.0309 e. The summed E-state index contributed by atoms with van der Waals surface area (Å²) < 4.78 is 0. The van der Waals surface area contributed by atoms with Crippen molar-refractivity contribution < 1.29 is 0 Å². The van der Waals surface area contributed by atoms with Crippen molar-refractivity contribution in [3.8, 4) is 0 Å². The van der Waals surface area contributed by atoms with E-state index in [9.17, 15) is 0 Å². The Labute approximate surface area is 129 Å². The third kappa shape index (κ3) is 3.72. The summed E-state index contributed by atoms with van der Waals surface area (Å²) in [5.74, 6) is 3.64. The van der Waals surface area contributed by atoms with Crippen LogP contribution in [0.15, 0.2) is 0 Å². The molecule has 2 saturated carbocycles. The number of nitrogens with one attached hydrogen (secondary N) is 1. The van der Waals surface area contributed by atoms with Gasteiger partial charge < -0.3 is 5.32 Å². The van der Waals surface area contributed by atoms with Crippen molar-refractivity contribution in [2.24, 2.45) is 5.92 Å². The van der Waals surface area contributed by atoms with E-state index >= 15 is 0 Å². The second-order valence-electron chi connectivity index (χ2n) is 7.15. The van der Waals surface area contributed by atoms with Gasteiger partial charge in [-0.25, -0.2) is 0 Å². The minimum Gasteiger partial charge on any atom is -0.308 e. The summed E-state index contributed by atoms with van der Waals surface area (Å²) in [7, 11) is 0. The molecule has 3 fully saturated rings. The van der Waals surface area contributed by atoms with Gasteiger partial charge in [-0.3, -0.25) is 4.90 Å². The summed E-state index contributed by atoms with van der Waals surface area (Å²) in [6, 6.07) is 0.856. The highest BCUT2D eigenvalue weighted by molar-refractivity contribution is 7.99. The highest BCUT2D eigenvalue weighted by Crippen LogP contribution is 2.40. The van der Waals surface area contributed by atoms with Gasteiger partial charge in [0.15, 0.2) is 0 Å². The van der Waals surface area contributed by atoms with E-state index < -0.39 is 0 Å². The van der Waals surface area contributed by atoms with Gasteiger partial charge in [-0.05, 0) is 56.1 Å². The van der Waals surface area contributed by atoms with Crippen LogP contribution < -0.4 is 5.32 Å². The van der Waals surface area contributed by atoms with Crippen LogP contribution in [0, 0.1) is 5.92 Å². The molecule has 20 heavy (non-hydrogen) atoms. The van der Waals surface area contributed by atoms with E-state index in [1.807, 2.05) is 0 Å². The molecule has 1 saturated heterocycles. The fourth-order valence-corrected chi connectivity index (χ4v) is 4.90. The Bertz CT molecular complexity index is 297. The van der Waals surface area contributed by atoms with Crippen LogP contribution in [0.2, 0.25) is 0 Å². The molecule has 116 valence electrons. The summed E-state index contributed by atoms with van der Waals surface area (Å²) in [4.78, 5) is 2.88. The lowest BCUT2D eigenvalue weighted by Gasteiger charge is -2.50. The third-order valence-electron chi connectivity index (χ3n) is 5.58. The molecule has 3 aliphatic rings. The number of rotatable bonds is 6. The molecule has 0 aromatic heterocycles. The first kappa shape index (κ1) is 15.2. The number of hydrogen-bond donors (Lipinski definition) is 1. The average Bonchev–Trinajstić information content (AvgIpc) is 3.29. The van der Waals surface area contributed by atoms with Crippen molar-refractivity contribution in [2.75, 3.05) is 31.1 Å². The van der Waals surface area contributed by atoms with E-state index in [1.54, 1.807) is 0 Å². The largest absolute Gasteiger partial charge is 0.308 e. The maximum Gasteiger partial charge on any atom is 0.0309 e. The monoisotopic (exact) mass is 296 g/mol. The molecule has 1 heterocycles. The van der Waals surface area contributed by atoms with Crippen LogP contribution in [-0.4, -0.2) is 47.6 Å². The summed E-state index contributed by atoms with van der Waals surface area (Å²) in [5.41, 5.74) is 0.488. The number of thioether (sulfide) groups is 1. The first-order chi connectivity index (χ1) is 9.83. The van der Waals surface area contributed by atoms with Crippen LogP contribution >= 0.6 is 11.8 Å². The molecule has 1 N–H and O–H groups in total. The number of piperazine rings is 1. The van der Waals surface area contributed by atoms with Gasteiger partial charge in [0, 0.05) is 24.7 Å². The number of nitrogens with zero attached hydrogens (tertiary/aromatic N) is 1. The van der Waals surface area contributed by atoms with Crippen molar-refractivity contribution in [1.29, 1.82) is 0 Å². The molecule has 0 aromatic rings. The van der Waals surface area contributed by atoms with E-state index in [4.69, 9.17) is 0 Å². The predicted molar refractivity (Wildman–Crippen MR) is 89.5 cm³/mol. The number of hydrogen-bond acceptors (Lipinski definition) is 3. The summed E-state index contributed by atoms with van der Waals surface area (Å²) in [5, 5.41) is 3.99. The molecule has 1 atom stereocenters. The van der Waals surface area contributed by atoms with Gasteiger partial charge in [-0.1, -0.05) is 26.2 Å². The second kappa shape index (κ2) is 7.02. The van der Waals surface area contributed by atoms with Crippen LogP contribution in [0.25, 0.3) is 0 Å². The zero-order valence-corrected chi connectivity index (χ0v) is 14.0. The van der Waals surface area contributed by atoms with Crippen molar-refractivity contribution in [3.05, 3.63) is 0 Å². The third-order valence-corrected chi connectivity index (χ3v) is 6.56. The lowest BCUT2D eigenvalue weighted by atomic mass is 9.79. The SMILES string of the molecule is CCSCCCN1CC2(CCCCC2)NCC1C1CC1. The van der Waals surface area contributed by atoms with Crippen LogP contribution in [0.4, 0.5) is 0 Å². The van der Waals surface area contributed by atoms with E-state index in [1.165, 1.54) is 82.5 Å². The van der Waals surface area contributed by atoms with Gasteiger partial charge in [0.05, 0.1) is 0 Å². The second-order valence-corrected chi connectivity index (χ2v) is 8.54. The molecule has 1 aliphatic heterocycles. The highest BCUT2D eigenvalue weighted by Gasteiger charge is 2.44. The molecule has 1 unspecified atom stereocenters. The molecule has 0 aromatic carbocycles. The quantitative estimate of drug-likeness (QED) is 0.755. The Morgan fingerprint density at radius 3 is 2.70 bits per heavy atom. The van der Waals surface area contributed by atoms with Gasteiger partial charge in [0.1, 0.15) is 0 Å². The summed E-state index contributed by atoms with van der Waals surface area (Å²) >= 11 is 2.11. The Balaban J connectivity index is 1.55. The molecule has 2 nitrogen and oxygen atoms in total. The maximum atomic E-state index is 3.99. The first-order valence-corrected chi connectivity index (χ1v) is 10.1. The van der Waals surface area contributed by atoms with Crippen molar-refractivity contribution in [2.45, 2.75) is 69.9 Å². The molecule has 1 spiro atoms. The van der Waals surface area contributed by atoms with Gasteiger partial charge in [0.2, 0.25) is 0 Å². The van der Waals surface area contributed by atoms with Crippen LogP contribution in [0.3, 0.4) is 0 Å². The van der Waals surface area contributed by atoms with Crippen LogP contribution in [0.5, 0.6) is 0 Å². The Morgan fingerprint density at radius 2 is 2.00 bits per heavy atom. The molecule has 2 aliphatic carbocycles. The first-order valence-electron chi connectivity index (χ1n) is 8.90. The molecule has 3 heteroatoms. The molecule has 0 radical (unpaired) electrons. The fraction of sp³-hybridized carbons (Fsp3) is 1.00. The Morgan fingerprint density at radius 1 is 1.20 bits per heavy atom. The van der Waals surface area contributed by atoms with Crippen molar-refractivity contribution in [1.82, 2.24) is 10.2 Å². The minimum absolute atomic E-state index is 0.488. The zero-order chi connectivity index (χ0) is 13.8. The van der Waals surface area contributed by atoms with Crippen LogP contribution in [-0.2, 0) is 0 Å². The van der Waals surface area contributed by atoms with E-state index in [-0.39, 0.29) is 0 Å². The Hall–Kier alpha value is 0.270. The van der Waals surface area contributed by atoms with Gasteiger partial charge in [0.25, 0.3) is 0 Å². The maximum absolute atomic E-state index is 3.99. The summed E-state index contributed by atoms with van der Waals surface area (Å²) in [6.07, 6.45) is 11.6. The van der Waals surface area contributed by atoms with Gasteiger partial charge >= 0.3 is 0 Å². The van der Waals surface area contributed by atoms with E-state index in [0.29, 0.717) is 5.54 Å². The Kier molecular flexibility index (Phi) is 5.33.